The van der Waals surface area contributed by atoms with Gasteiger partial charge in [-0.15, -0.1) is 0 Å². The van der Waals surface area contributed by atoms with Gasteiger partial charge in [-0.25, -0.2) is 0 Å². The van der Waals surface area contributed by atoms with Crippen LogP contribution < -0.4 is 0 Å². The van der Waals surface area contributed by atoms with Gasteiger partial charge < -0.3 is 15.3 Å². The predicted molar refractivity (Wildman–Crippen MR) is 106 cm³/mol. The molecule has 0 bridgehead atoms. The first-order valence-electron chi connectivity index (χ1n) is 10.4. The first-order chi connectivity index (χ1) is 13.0. The van der Waals surface area contributed by atoms with E-state index in [2.05, 4.69) is 6.92 Å². The van der Waals surface area contributed by atoms with Crippen molar-refractivity contribution >= 4 is 11.8 Å². The SMILES string of the molecule is CCCCCCCC(O)C=C[C@H]1C(O)CC(=O)C1CC=CCCCC(=O)O. The molecule has 1 aliphatic carbocycles. The van der Waals surface area contributed by atoms with Gasteiger partial charge in [0.15, 0.2) is 0 Å². The fourth-order valence-electron chi connectivity index (χ4n) is 3.57. The highest BCUT2D eigenvalue weighted by atomic mass is 16.4. The molecule has 5 heteroatoms. The minimum Gasteiger partial charge on any atom is -0.481 e. The molecule has 0 aliphatic heterocycles. The van der Waals surface area contributed by atoms with Crippen molar-refractivity contribution in [2.75, 3.05) is 0 Å². The summed E-state index contributed by atoms with van der Waals surface area (Å²) < 4.78 is 0. The summed E-state index contributed by atoms with van der Waals surface area (Å²) in [6, 6.07) is 0. The zero-order valence-electron chi connectivity index (χ0n) is 16.6. The van der Waals surface area contributed by atoms with Gasteiger partial charge in [0, 0.05) is 24.7 Å². The molecule has 0 saturated heterocycles. The lowest BCUT2D eigenvalue weighted by Crippen LogP contribution is -2.18. The molecule has 0 aromatic rings. The maximum atomic E-state index is 12.2. The van der Waals surface area contributed by atoms with Crippen LogP contribution >= 0.6 is 0 Å². The summed E-state index contributed by atoms with van der Waals surface area (Å²) in [5, 5.41) is 28.9. The molecule has 0 heterocycles. The molecule has 4 atom stereocenters. The van der Waals surface area contributed by atoms with Crippen molar-refractivity contribution in [1.29, 1.82) is 0 Å². The summed E-state index contributed by atoms with van der Waals surface area (Å²) in [5.74, 6) is -1.26. The van der Waals surface area contributed by atoms with Crippen LogP contribution in [0.5, 0.6) is 0 Å². The second-order valence-electron chi connectivity index (χ2n) is 7.57. The topological polar surface area (TPSA) is 94.8 Å². The molecule has 0 aromatic heterocycles. The lowest BCUT2D eigenvalue weighted by atomic mass is 9.90. The number of unbranched alkanes of at least 4 members (excludes halogenated alkanes) is 5. The van der Waals surface area contributed by atoms with Gasteiger partial charge >= 0.3 is 5.97 Å². The van der Waals surface area contributed by atoms with Gasteiger partial charge in [0.05, 0.1) is 12.2 Å². The van der Waals surface area contributed by atoms with E-state index in [9.17, 15) is 19.8 Å². The van der Waals surface area contributed by atoms with E-state index in [-0.39, 0.29) is 30.5 Å². The van der Waals surface area contributed by atoms with Crippen LogP contribution in [0, 0.1) is 11.8 Å². The van der Waals surface area contributed by atoms with Crippen molar-refractivity contribution in [3.8, 4) is 0 Å². The van der Waals surface area contributed by atoms with Crippen molar-refractivity contribution in [1.82, 2.24) is 0 Å². The number of Topliss-reactive ketones (excluding diaryl/α,β-unsaturated/α-hetero) is 1. The number of ketones is 1. The van der Waals surface area contributed by atoms with Crippen LogP contribution in [0.3, 0.4) is 0 Å². The highest BCUT2D eigenvalue weighted by Crippen LogP contribution is 2.33. The predicted octanol–water partition coefficient (Wildman–Crippen LogP) is 4.03. The number of hydrogen-bond donors (Lipinski definition) is 3. The van der Waals surface area contributed by atoms with Gasteiger partial charge in [-0.05, 0) is 25.7 Å². The Bertz CT molecular complexity index is 497. The van der Waals surface area contributed by atoms with Gasteiger partial charge in [-0.1, -0.05) is 63.3 Å². The molecule has 3 unspecified atom stereocenters. The normalized spacial score (nSPS) is 24.3. The summed E-state index contributed by atoms with van der Waals surface area (Å²) in [6.45, 7) is 2.17. The van der Waals surface area contributed by atoms with E-state index in [0.717, 1.165) is 12.8 Å². The van der Waals surface area contributed by atoms with E-state index in [1.165, 1.54) is 19.3 Å². The lowest BCUT2D eigenvalue weighted by molar-refractivity contribution is -0.137. The van der Waals surface area contributed by atoms with E-state index in [4.69, 9.17) is 5.11 Å². The van der Waals surface area contributed by atoms with Gasteiger partial charge in [-0.3, -0.25) is 9.59 Å². The van der Waals surface area contributed by atoms with Crippen LogP contribution in [0.1, 0.15) is 77.6 Å². The molecule has 0 amide bonds. The largest absolute Gasteiger partial charge is 0.481 e. The van der Waals surface area contributed by atoms with Crippen LogP contribution in [-0.2, 0) is 9.59 Å². The van der Waals surface area contributed by atoms with Crippen molar-refractivity contribution in [2.24, 2.45) is 11.8 Å². The lowest BCUT2D eigenvalue weighted by Gasteiger charge is -2.16. The number of aliphatic hydroxyl groups excluding tert-OH is 2. The Balaban J connectivity index is 2.42. The summed E-state index contributed by atoms with van der Waals surface area (Å²) >= 11 is 0. The quantitative estimate of drug-likeness (QED) is 0.312. The summed E-state index contributed by atoms with van der Waals surface area (Å²) in [7, 11) is 0. The first kappa shape index (κ1) is 23.6. The molecule has 0 aromatic carbocycles. The maximum Gasteiger partial charge on any atom is 0.303 e. The van der Waals surface area contributed by atoms with Crippen LogP contribution in [0.25, 0.3) is 0 Å². The van der Waals surface area contributed by atoms with Crippen molar-refractivity contribution in [3.63, 3.8) is 0 Å². The number of carbonyl (C=O) groups is 2. The van der Waals surface area contributed by atoms with Crippen molar-refractivity contribution in [3.05, 3.63) is 24.3 Å². The molecule has 5 nitrogen and oxygen atoms in total. The van der Waals surface area contributed by atoms with Crippen molar-refractivity contribution in [2.45, 2.75) is 89.8 Å². The number of carbonyl (C=O) groups excluding carboxylic acids is 1. The maximum absolute atomic E-state index is 12.2. The number of hydrogen-bond acceptors (Lipinski definition) is 4. The molecule has 3 N–H and O–H groups in total. The minimum atomic E-state index is -0.799. The number of allylic oxidation sites excluding steroid dienone is 2. The van der Waals surface area contributed by atoms with E-state index >= 15 is 0 Å². The molecular formula is C22H36O5. The number of carboxylic acid groups (broad SMARTS) is 1. The highest BCUT2D eigenvalue weighted by molar-refractivity contribution is 5.84. The Morgan fingerprint density at radius 1 is 1.19 bits per heavy atom. The van der Waals surface area contributed by atoms with Gasteiger partial charge in [-0.2, -0.15) is 0 Å². The number of rotatable bonds is 14. The Hall–Kier alpha value is -1.46. The minimum absolute atomic E-state index is 0.0568. The molecule has 1 rings (SSSR count). The first-order valence-corrected chi connectivity index (χ1v) is 10.4. The standard InChI is InChI=1S/C22H36O5/c1-2-3-4-5-8-11-17(23)14-15-19-18(20(24)16-21(19)25)12-9-6-7-10-13-22(26)27/h6,9,14-15,17-19,21,23,25H,2-5,7-8,10-13,16H2,1H3,(H,26,27)/t17?,18?,19-,21?/m1/s1. The van der Waals surface area contributed by atoms with Gasteiger partial charge in [0.1, 0.15) is 5.78 Å². The Kier molecular flexibility index (Phi) is 11.9. The molecule has 1 fully saturated rings. The molecule has 0 radical (unpaired) electrons. The molecule has 0 spiro atoms. The van der Waals surface area contributed by atoms with Gasteiger partial charge in [0.2, 0.25) is 0 Å². The fourth-order valence-corrected chi connectivity index (χ4v) is 3.57. The third-order valence-corrected chi connectivity index (χ3v) is 5.21. The summed E-state index contributed by atoms with van der Waals surface area (Å²) in [5.41, 5.74) is 0. The monoisotopic (exact) mass is 380 g/mol. The van der Waals surface area contributed by atoms with E-state index < -0.39 is 18.2 Å². The second-order valence-corrected chi connectivity index (χ2v) is 7.57. The van der Waals surface area contributed by atoms with E-state index in [1.54, 1.807) is 6.08 Å². The summed E-state index contributed by atoms with van der Waals surface area (Å²) in [4.78, 5) is 22.6. The number of aliphatic hydroxyl groups is 2. The molecule has 27 heavy (non-hydrogen) atoms. The third-order valence-electron chi connectivity index (χ3n) is 5.21. The molecular weight excluding hydrogens is 344 g/mol. The smallest absolute Gasteiger partial charge is 0.303 e. The Labute approximate surface area is 163 Å². The zero-order valence-corrected chi connectivity index (χ0v) is 16.6. The van der Waals surface area contributed by atoms with Crippen molar-refractivity contribution < 1.29 is 24.9 Å². The highest BCUT2D eigenvalue weighted by Gasteiger charge is 2.39. The van der Waals surface area contributed by atoms with Crippen LogP contribution in [0.2, 0.25) is 0 Å². The Morgan fingerprint density at radius 2 is 1.93 bits per heavy atom. The number of carboxylic acids is 1. The zero-order chi connectivity index (χ0) is 20.1. The third kappa shape index (κ3) is 9.87. The summed E-state index contributed by atoms with van der Waals surface area (Å²) in [6.07, 6.45) is 14.7. The number of aliphatic carboxylic acids is 1. The molecule has 1 saturated carbocycles. The molecule has 1 aliphatic rings. The second kappa shape index (κ2) is 13.7. The average Bonchev–Trinajstić information content (AvgIpc) is 2.88. The molecule has 154 valence electrons. The van der Waals surface area contributed by atoms with Crippen LogP contribution in [0.4, 0.5) is 0 Å². The van der Waals surface area contributed by atoms with E-state index in [1.807, 2.05) is 18.2 Å². The van der Waals surface area contributed by atoms with Gasteiger partial charge in [0.25, 0.3) is 0 Å². The van der Waals surface area contributed by atoms with E-state index in [0.29, 0.717) is 25.7 Å². The Morgan fingerprint density at radius 3 is 2.63 bits per heavy atom. The van der Waals surface area contributed by atoms with Crippen LogP contribution in [0.15, 0.2) is 24.3 Å². The average molecular weight is 381 g/mol. The van der Waals surface area contributed by atoms with Crippen LogP contribution in [-0.4, -0.2) is 39.3 Å². The fraction of sp³-hybridized carbons (Fsp3) is 0.727.